The molecule has 0 radical (unpaired) electrons. The van der Waals surface area contributed by atoms with Crippen LogP contribution in [0.15, 0.2) is 36.4 Å². The van der Waals surface area contributed by atoms with Gasteiger partial charge in [-0.3, -0.25) is 9.89 Å². The lowest BCUT2D eigenvalue weighted by Gasteiger charge is -2.01. The number of rotatable bonds is 4. The molecule has 25 heavy (non-hydrogen) atoms. The van der Waals surface area contributed by atoms with Gasteiger partial charge in [-0.25, -0.2) is 4.52 Å². The van der Waals surface area contributed by atoms with E-state index in [9.17, 15) is 4.79 Å². The van der Waals surface area contributed by atoms with Crippen molar-refractivity contribution >= 4 is 62.4 Å². The maximum Gasteiger partial charge on any atom is 0.239 e. The Balaban J connectivity index is 1.90. The minimum absolute atomic E-state index is 0.0965. The van der Waals surface area contributed by atoms with Crippen LogP contribution in [0.1, 0.15) is 0 Å². The molecule has 0 fully saturated rings. The number of H-pyrrole nitrogens is 1. The summed E-state index contributed by atoms with van der Waals surface area (Å²) in [5.41, 5.74) is 1.97. The molecular formula is C15H10ClN5OS3. The molecule has 6 nitrogen and oxygen atoms in total. The molecule has 1 amide bonds. The molecule has 0 atom stereocenters. The highest BCUT2D eigenvalue weighted by Crippen LogP contribution is 2.41. The Kier molecular flexibility index (Phi) is 4.38. The molecule has 0 aliphatic rings. The van der Waals surface area contributed by atoms with Crippen LogP contribution in [0, 0.1) is 3.95 Å². The minimum Gasteiger partial charge on any atom is -0.317 e. The molecule has 0 saturated carbocycles. The second kappa shape index (κ2) is 6.68. The van der Waals surface area contributed by atoms with Crippen molar-refractivity contribution in [2.45, 2.75) is 0 Å². The second-order valence-electron chi connectivity index (χ2n) is 5.04. The van der Waals surface area contributed by atoms with Crippen molar-refractivity contribution in [3.8, 4) is 21.8 Å². The zero-order valence-electron chi connectivity index (χ0n) is 12.5. The number of anilines is 1. The summed E-state index contributed by atoms with van der Waals surface area (Å²) >= 11 is 13.6. The average molecular weight is 408 g/mol. The van der Waals surface area contributed by atoms with Gasteiger partial charge >= 0.3 is 0 Å². The Morgan fingerprint density at radius 2 is 2.08 bits per heavy atom. The number of aromatic nitrogens is 4. The van der Waals surface area contributed by atoms with E-state index >= 15 is 0 Å². The van der Waals surface area contributed by atoms with Gasteiger partial charge < -0.3 is 5.32 Å². The smallest absolute Gasteiger partial charge is 0.239 e. The lowest BCUT2D eigenvalue weighted by Crippen LogP contribution is -2.11. The van der Waals surface area contributed by atoms with E-state index in [1.54, 1.807) is 4.52 Å². The summed E-state index contributed by atoms with van der Waals surface area (Å²) in [5.74, 6) is 0.300. The lowest BCUT2D eigenvalue weighted by molar-refractivity contribution is -0.113. The molecule has 126 valence electrons. The Labute approximate surface area is 160 Å². The van der Waals surface area contributed by atoms with Crippen molar-refractivity contribution in [2.24, 2.45) is 0 Å². The highest BCUT2D eigenvalue weighted by Gasteiger charge is 2.19. The van der Waals surface area contributed by atoms with E-state index in [-0.39, 0.29) is 11.8 Å². The fourth-order valence-corrected chi connectivity index (χ4v) is 4.46. The summed E-state index contributed by atoms with van der Waals surface area (Å²) in [6.07, 6.45) is 0. The molecule has 0 saturated heterocycles. The molecule has 4 rings (SSSR count). The van der Waals surface area contributed by atoms with Crippen LogP contribution in [0.5, 0.6) is 0 Å². The highest BCUT2D eigenvalue weighted by molar-refractivity contribution is 7.73. The summed E-state index contributed by atoms with van der Waals surface area (Å²) in [4.78, 5) is 13.2. The first-order valence-corrected chi connectivity index (χ1v) is 9.73. The van der Waals surface area contributed by atoms with Crippen LogP contribution in [0.2, 0.25) is 0 Å². The zero-order valence-corrected chi connectivity index (χ0v) is 15.7. The van der Waals surface area contributed by atoms with Gasteiger partial charge in [-0.1, -0.05) is 41.7 Å². The number of fused-ring (bicyclic) bond motifs is 1. The molecule has 1 aromatic carbocycles. The van der Waals surface area contributed by atoms with Crippen molar-refractivity contribution in [1.82, 2.24) is 19.8 Å². The number of nitrogens with zero attached hydrogens (tertiary/aromatic N) is 3. The van der Waals surface area contributed by atoms with E-state index < -0.39 is 0 Å². The number of thiophene rings is 1. The molecule has 3 aromatic heterocycles. The predicted octanol–water partition coefficient (Wildman–Crippen LogP) is 4.42. The number of hydrogen-bond donors (Lipinski definition) is 2. The molecule has 0 unspecified atom stereocenters. The van der Waals surface area contributed by atoms with E-state index in [1.165, 1.54) is 22.7 Å². The summed E-state index contributed by atoms with van der Waals surface area (Å²) in [7, 11) is 0. The number of nitrogens with one attached hydrogen (secondary N) is 2. The van der Waals surface area contributed by atoms with Crippen LogP contribution >= 0.6 is 46.5 Å². The fourth-order valence-electron chi connectivity index (χ4n) is 2.40. The van der Waals surface area contributed by atoms with Gasteiger partial charge in [0.15, 0.2) is 9.78 Å². The molecule has 0 spiro atoms. The third-order valence-electron chi connectivity index (χ3n) is 3.42. The fraction of sp³-hybridized carbons (Fsp3) is 0.0667. The molecule has 4 aromatic rings. The van der Waals surface area contributed by atoms with Gasteiger partial charge in [-0.05, 0) is 23.8 Å². The van der Waals surface area contributed by atoms with Crippen molar-refractivity contribution < 1.29 is 4.79 Å². The number of halogens is 1. The van der Waals surface area contributed by atoms with Gasteiger partial charge in [0.2, 0.25) is 10.9 Å². The van der Waals surface area contributed by atoms with E-state index in [4.69, 9.17) is 23.8 Å². The van der Waals surface area contributed by atoms with Gasteiger partial charge in [0.25, 0.3) is 0 Å². The van der Waals surface area contributed by atoms with Gasteiger partial charge in [0.05, 0.1) is 9.88 Å². The normalized spacial score (nSPS) is 11.1. The molecule has 0 bridgehead atoms. The first kappa shape index (κ1) is 16.4. The Morgan fingerprint density at radius 3 is 2.84 bits per heavy atom. The van der Waals surface area contributed by atoms with Gasteiger partial charge in [-0.15, -0.1) is 33.1 Å². The van der Waals surface area contributed by atoms with E-state index in [1.807, 2.05) is 36.4 Å². The van der Waals surface area contributed by atoms with Crippen LogP contribution in [-0.2, 0) is 4.79 Å². The predicted molar refractivity (Wildman–Crippen MR) is 104 cm³/mol. The SMILES string of the molecule is O=C(CCl)Nc1cc(-c2ccccc2)c(-c2nnc3sc(=S)[nH]n23)s1. The highest BCUT2D eigenvalue weighted by atomic mass is 35.5. The maximum atomic E-state index is 11.7. The standard InChI is InChI=1S/C15H10ClN5OS3/c16-7-10(22)17-11-6-9(8-4-2-1-3-5-8)12(24-11)13-18-19-14-21(13)20-15(23)25-14/h1-6H,7H2,(H,17,22)(H,20,23). The van der Waals surface area contributed by atoms with Gasteiger partial charge in [0, 0.05) is 5.56 Å². The Bertz CT molecular complexity index is 1110. The van der Waals surface area contributed by atoms with Gasteiger partial charge in [0.1, 0.15) is 5.88 Å². The number of amides is 1. The monoisotopic (exact) mass is 407 g/mol. The third-order valence-corrected chi connectivity index (χ3v) is 5.78. The summed E-state index contributed by atoms with van der Waals surface area (Å²) < 4.78 is 2.39. The zero-order chi connectivity index (χ0) is 17.4. The van der Waals surface area contributed by atoms with Crippen LogP contribution in [0.25, 0.3) is 26.8 Å². The van der Waals surface area contributed by atoms with Crippen LogP contribution < -0.4 is 5.32 Å². The molecule has 2 N–H and O–H groups in total. The van der Waals surface area contributed by atoms with E-state index in [0.29, 0.717) is 19.7 Å². The first-order valence-electron chi connectivity index (χ1n) is 7.15. The van der Waals surface area contributed by atoms with E-state index in [0.717, 1.165) is 16.0 Å². The number of hydrogen-bond acceptors (Lipinski definition) is 6. The molecular weight excluding hydrogens is 398 g/mol. The first-order chi connectivity index (χ1) is 12.2. The number of aromatic amines is 1. The number of benzene rings is 1. The topological polar surface area (TPSA) is 75.1 Å². The van der Waals surface area contributed by atoms with Crippen molar-refractivity contribution in [3.05, 3.63) is 40.4 Å². The Morgan fingerprint density at radius 1 is 1.28 bits per heavy atom. The number of carbonyl (C=O) groups excluding carboxylic acids is 1. The number of alkyl halides is 1. The lowest BCUT2D eigenvalue weighted by atomic mass is 10.1. The van der Waals surface area contributed by atoms with Crippen LogP contribution in [-0.4, -0.2) is 31.6 Å². The van der Waals surface area contributed by atoms with Gasteiger partial charge in [-0.2, -0.15) is 0 Å². The third kappa shape index (κ3) is 3.11. The van der Waals surface area contributed by atoms with E-state index in [2.05, 4.69) is 20.6 Å². The van der Waals surface area contributed by atoms with Crippen LogP contribution in [0.3, 0.4) is 0 Å². The second-order valence-corrected chi connectivity index (χ2v) is 8.01. The summed E-state index contributed by atoms with van der Waals surface area (Å²) in [6, 6.07) is 11.8. The van der Waals surface area contributed by atoms with Crippen molar-refractivity contribution in [1.29, 1.82) is 0 Å². The molecule has 3 heterocycles. The van der Waals surface area contributed by atoms with Crippen LogP contribution in [0.4, 0.5) is 5.00 Å². The minimum atomic E-state index is -0.254. The largest absolute Gasteiger partial charge is 0.317 e. The quantitative estimate of drug-likeness (QED) is 0.388. The summed E-state index contributed by atoms with van der Waals surface area (Å²) in [6.45, 7) is 0. The van der Waals surface area contributed by atoms with Crippen molar-refractivity contribution in [2.75, 3.05) is 11.2 Å². The average Bonchev–Trinajstić information content (AvgIpc) is 3.29. The van der Waals surface area contributed by atoms with Crippen molar-refractivity contribution in [3.63, 3.8) is 0 Å². The maximum absolute atomic E-state index is 11.7. The Hall–Kier alpha value is -2.07. The molecule has 10 heteroatoms. The summed E-state index contributed by atoms with van der Waals surface area (Å²) in [5, 5.41) is 15.0. The molecule has 0 aliphatic carbocycles. The molecule has 0 aliphatic heterocycles. The number of carbonyl (C=O) groups is 1.